The quantitative estimate of drug-likeness (QED) is 0.237. The zero-order valence-corrected chi connectivity index (χ0v) is 22.0. The van der Waals surface area contributed by atoms with Gasteiger partial charge in [0, 0.05) is 31.5 Å². The Balaban J connectivity index is 1.22. The summed E-state index contributed by atoms with van der Waals surface area (Å²) in [6.07, 6.45) is 7.40. The average Bonchev–Trinajstić information content (AvgIpc) is 3.66. The van der Waals surface area contributed by atoms with Gasteiger partial charge < -0.3 is 10.4 Å². The van der Waals surface area contributed by atoms with Gasteiger partial charge in [0.15, 0.2) is 11.4 Å². The van der Waals surface area contributed by atoms with E-state index in [4.69, 9.17) is 0 Å². The lowest BCUT2D eigenvalue weighted by molar-refractivity contribution is 0.0951. The van der Waals surface area contributed by atoms with Crippen molar-refractivity contribution in [1.82, 2.24) is 25.5 Å². The van der Waals surface area contributed by atoms with Gasteiger partial charge in [0.1, 0.15) is 5.69 Å². The van der Waals surface area contributed by atoms with Crippen molar-refractivity contribution in [2.24, 2.45) is 12.1 Å². The van der Waals surface area contributed by atoms with Gasteiger partial charge in [-0.25, -0.2) is 5.43 Å². The summed E-state index contributed by atoms with van der Waals surface area (Å²) in [5.74, 6) is -0.664. The molecule has 194 valence electrons. The number of carbonyl (C=O) groups excluding carboxylic acids is 2. The number of amides is 2. The largest absolute Gasteiger partial charge is 0.504 e. The van der Waals surface area contributed by atoms with Crippen LogP contribution in [0.4, 0.5) is 0 Å². The van der Waals surface area contributed by atoms with Crippen molar-refractivity contribution in [1.29, 1.82) is 0 Å². The van der Waals surface area contributed by atoms with Gasteiger partial charge in [-0.2, -0.15) is 10.2 Å². The van der Waals surface area contributed by atoms with E-state index in [-0.39, 0.29) is 11.7 Å². The van der Waals surface area contributed by atoms with Crippen molar-refractivity contribution in [3.05, 3.63) is 87.0 Å². The molecular formula is C28H28N6O3S. The van der Waals surface area contributed by atoms with Crippen molar-refractivity contribution < 1.29 is 14.7 Å². The number of nitrogens with one attached hydrogen (secondary N) is 2. The van der Waals surface area contributed by atoms with E-state index in [2.05, 4.69) is 38.1 Å². The summed E-state index contributed by atoms with van der Waals surface area (Å²) < 4.78 is 1.63. The van der Waals surface area contributed by atoms with Crippen molar-refractivity contribution >= 4 is 28.9 Å². The predicted octanol–water partition coefficient (Wildman–Crippen LogP) is 3.86. The fraction of sp³-hybridized carbons (Fsp3) is 0.250. The lowest BCUT2D eigenvalue weighted by atomic mass is 10.0. The first-order valence-corrected chi connectivity index (χ1v) is 13.2. The van der Waals surface area contributed by atoms with Crippen LogP contribution >= 0.6 is 11.3 Å². The highest BCUT2D eigenvalue weighted by atomic mass is 32.1. The third-order valence-electron chi connectivity index (χ3n) is 6.56. The molecule has 3 heterocycles. The van der Waals surface area contributed by atoms with Gasteiger partial charge in [-0.1, -0.05) is 12.1 Å². The molecular weight excluding hydrogens is 500 g/mol. The number of carbonyl (C=O) groups is 2. The molecule has 0 unspecified atom stereocenters. The van der Waals surface area contributed by atoms with Crippen molar-refractivity contribution in [3.63, 3.8) is 0 Å². The molecule has 4 aromatic rings. The summed E-state index contributed by atoms with van der Waals surface area (Å²) in [7, 11) is 1.77. The molecule has 0 aliphatic heterocycles. The minimum Gasteiger partial charge on any atom is -0.504 e. The maximum atomic E-state index is 12.7. The van der Waals surface area contributed by atoms with E-state index in [1.54, 1.807) is 43.2 Å². The van der Waals surface area contributed by atoms with Gasteiger partial charge >= 0.3 is 0 Å². The Morgan fingerprint density at radius 2 is 1.79 bits per heavy atom. The Labute approximate surface area is 224 Å². The van der Waals surface area contributed by atoms with Crippen LogP contribution in [0.5, 0.6) is 5.75 Å². The molecule has 0 atom stereocenters. The number of thiophene rings is 1. The second-order valence-electron chi connectivity index (χ2n) is 9.17. The Morgan fingerprint density at radius 1 is 1.05 bits per heavy atom. The Hall–Kier alpha value is -4.31. The van der Waals surface area contributed by atoms with Gasteiger partial charge in [-0.3, -0.25) is 19.3 Å². The minimum absolute atomic E-state index is 0.0165. The lowest BCUT2D eigenvalue weighted by Crippen LogP contribution is -2.24. The van der Waals surface area contributed by atoms with Gasteiger partial charge in [0.2, 0.25) is 0 Å². The molecule has 2 amide bonds. The number of hydrazone groups is 1. The molecule has 0 saturated carbocycles. The van der Waals surface area contributed by atoms with Gasteiger partial charge in [-0.05, 0) is 79.6 Å². The number of aromatic nitrogens is 3. The standard InChI is InChI=1S/C28H28N6O3S/c1-17(24-26(35)25(34(2)33-24)21-7-6-19-4-3-5-20(19)16-21)31-32-28(37)23-9-8-22(38-23)27(36)30-15-12-18-10-13-29-14-11-18/h6-11,13-14,16,35H,3-5,12,15H2,1-2H3,(H,30,36)(H,32,37)/b31-17+. The minimum atomic E-state index is -0.445. The molecule has 5 rings (SSSR count). The smallest absolute Gasteiger partial charge is 0.281 e. The highest BCUT2D eigenvalue weighted by molar-refractivity contribution is 7.15. The predicted molar refractivity (Wildman–Crippen MR) is 147 cm³/mol. The normalized spacial score (nSPS) is 12.8. The molecule has 0 bridgehead atoms. The maximum Gasteiger partial charge on any atom is 0.281 e. The first-order valence-electron chi connectivity index (χ1n) is 12.4. The number of hydrogen-bond donors (Lipinski definition) is 3. The summed E-state index contributed by atoms with van der Waals surface area (Å²) in [6.45, 7) is 2.15. The number of aromatic hydroxyl groups is 1. The summed E-state index contributed by atoms with van der Waals surface area (Å²) in [4.78, 5) is 29.9. The SMILES string of the molecule is C/C(=N\NC(=O)c1ccc(C(=O)NCCc2ccncc2)s1)c1nn(C)c(-c2ccc3c(c2)CCC3)c1O. The number of aryl methyl sites for hydroxylation is 3. The zero-order chi connectivity index (χ0) is 26.6. The Morgan fingerprint density at radius 3 is 2.58 bits per heavy atom. The van der Waals surface area contributed by atoms with E-state index >= 15 is 0 Å². The number of hydrogen-bond acceptors (Lipinski definition) is 7. The van der Waals surface area contributed by atoms with Crippen LogP contribution in [0.1, 0.15) is 55.1 Å². The van der Waals surface area contributed by atoms with E-state index in [0.717, 1.165) is 41.7 Å². The van der Waals surface area contributed by atoms with Crippen molar-refractivity contribution in [3.8, 4) is 17.0 Å². The molecule has 3 aromatic heterocycles. The number of benzene rings is 1. The van der Waals surface area contributed by atoms with Crippen molar-refractivity contribution in [2.75, 3.05) is 6.54 Å². The highest BCUT2D eigenvalue weighted by Crippen LogP contribution is 2.35. The van der Waals surface area contributed by atoms with E-state index in [9.17, 15) is 14.7 Å². The van der Waals surface area contributed by atoms with Gasteiger partial charge in [0.05, 0.1) is 15.5 Å². The third-order valence-corrected chi connectivity index (χ3v) is 7.65. The molecule has 38 heavy (non-hydrogen) atoms. The molecule has 1 aliphatic carbocycles. The van der Waals surface area contributed by atoms with Crippen LogP contribution < -0.4 is 10.7 Å². The monoisotopic (exact) mass is 528 g/mol. The summed E-state index contributed by atoms with van der Waals surface area (Å²) in [5.41, 5.74) is 8.41. The number of fused-ring (bicyclic) bond motifs is 1. The molecule has 9 nitrogen and oxygen atoms in total. The van der Waals surface area contributed by atoms with E-state index in [1.165, 1.54) is 11.1 Å². The Bertz CT molecular complexity index is 1520. The fourth-order valence-electron chi connectivity index (χ4n) is 4.58. The summed E-state index contributed by atoms with van der Waals surface area (Å²) >= 11 is 1.09. The fourth-order valence-corrected chi connectivity index (χ4v) is 5.39. The van der Waals surface area contributed by atoms with Crippen LogP contribution in [-0.2, 0) is 26.3 Å². The first kappa shape index (κ1) is 25.3. The zero-order valence-electron chi connectivity index (χ0n) is 21.2. The van der Waals surface area contributed by atoms with Gasteiger partial charge in [0.25, 0.3) is 11.8 Å². The molecule has 1 aromatic carbocycles. The van der Waals surface area contributed by atoms with Crippen LogP contribution in [0.15, 0.2) is 60.0 Å². The molecule has 1 aliphatic rings. The molecule has 0 spiro atoms. The van der Waals surface area contributed by atoms with Crippen LogP contribution in [-0.4, -0.2) is 43.9 Å². The van der Waals surface area contributed by atoms with Crippen LogP contribution in [0, 0.1) is 0 Å². The summed E-state index contributed by atoms with van der Waals surface area (Å²) in [6, 6.07) is 13.2. The molecule has 0 saturated heterocycles. The van der Waals surface area contributed by atoms with E-state index < -0.39 is 5.91 Å². The second kappa shape index (κ2) is 11.0. The number of rotatable bonds is 8. The highest BCUT2D eigenvalue weighted by Gasteiger charge is 2.21. The van der Waals surface area contributed by atoms with Crippen molar-refractivity contribution in [2.45, 2.75) is 32.6 Å². The number of nitrogens with zero attached hydrogens (tertiary/aromatic N) is 4. The first-order chi connectivity index (χ1) is 18.4. The van der Waals surface area contributed by atoms with E-state index in [1.807, 2.05) is 18.2 Å². The molecule has 0 radical (unpaired) electrons. The van der Waals surface area contributed by atoms with Crippen LogP contribution in [0.2, 0.25) is 0 Å². The molecule has 0 fully saturated rings. The van der Waals surface area contributed by atoms with E-state index in [0.29, 0.717) is 39.8 Å². The second-order valence-corrected chi connectivity index (χ2v) is 10.3. The molecule has 3 N–H and O–H groups in total. The third kappa shape index (κ3) is 5.35. The Kier molecular flexibility index (Phi) is 7.32. The van der Waals surface area contributed by atoms with Gasteiger partial charge in [-0.15, -0.1) is 11.3 Å². The average molecular weight is 529 g/mol. The topological polar surface area (TPSA) is 122 Å². The lowest BCUT2D eigenvalue weighted by Gasteiger charge is -2.06. The summed E-state index contributed by atoms with van der Waals surface area (Å²) in [5, 5.41) is 22.4. The van der Waals surface area contributed by atoms with Crippen LogP contribution in [0.3, 0.4) is 0 Å². The number of pyridine rings is 1. The molecule has 10 heteroatoms. The van der Waals surface area contributed by atoms with Crippen LogP contribution in [0.25, 0.3) is 11.3 Å². The maximum absolute atomic E-state index is 12.7.